The van der Waals surface area contributed by atoms with E-state index >= 15 is 0 Å². The van der Waals surface area contributed by atoms with E-state index in [1.54, 1.807) is 29.1 Å². The fourth-order valence-corrected chi connectivity index (χ4v) is 3.96. The third kappa shape index (κ3) is 5.24. The van der Waals surface area contributed by atoms with E-state index in [9.17, 15) is 18.0 Å². The standard InChI is InChI=1S/C24H24F3N5O/c1-31(23(33)30-18-9-10-21(29-16-18)17-6-3-2-4-7-17)19-11-14-32(15-12-19)22-20(24(25,26)27)8-5-13-28-22/h2-10,13,16,19H,11-12,14-15H2,1H3,(H,30,33). The van der Waals surface area contributed by atoms with Crippen LogP contribution in [0.15, 0.2) is 67.0 Å². The number of urea groups is 1. The molecule has 1 aromatic carbocycles. The van der Waals surface area contributed by atoms with Gasteiger partial charge in [-0.1, -0.05) is 30.3 Å². The maximum absolute atomic E-state index is 13.3. The molecule has 9 heteroatoms. The summed E-state index contributed by atoms with van der Waals surface area (Å²) in [6, 6.07) is 15.3. The average molecular weight is 455 g/mol. The van der Waals surface area contributed by atoms with Crippen molar-refractivity contribution < 1.29 is 18.0 Å². The lowest BCUT2D eigenvalue weighted by atomic mass is 10.0. The van der Waals surface area contributed by atoms with Crippen LogP contribution in [0.5, 0.6) is 0 Å². The highest BCUT2D eigenvalue weighted by atomic mass is 19.4. The van der Waals surface area contributed by atoms with Crippen LogP contribution < -0.4 is 10.2 Å². The summed E-state index contributed by atoms with van der Waals surface area (Å²) in [6.07, 6.45) is -0.392. The molecule has 0 atom stereocenters. The number of carbonyl (C=O) groups is 1. The van der Waals surface area contributed by atoms with E-state index in [2.05, 4.69) is 15.3 Å². The number of halogens is 3. The number of piperidine rings is 1. The minimum atomic E-state index is -4.46. The number of aromatic nitrogens is 2. The fourth-order valence-electron chi connectivity index (χ4n) is 3.96. The van der Waals surface area contributed by atoms with Crippen molar-refractivity contribution in [2.45, 2.75) is 25.1 Å². The molecule has 1 fully saturated rings. The molecule has 1 saturated heterocycles. The Balaban J connectivity index is 1.34. The van der Waals surface area contributed by atoms with Gasteiger partial charge in [0.2, 0.25) is 0 Å². The Morgan fingerprint density at radius 3 is 2.39 bits per heavy atom. The molecule has 0 spiro atoms. The Hall–Kier alpha value is -3.62. The van der Waals surface area contributed by atoms with Crippen LogP contribution in [0.2, 0.25) is 0 Å². The molecule has 0 bridgehead atoms. The van der Waals surface area contributed by atoms with Gasteiger partial charge < -0.3 is 15.1 Å². The normalized spacial score (nSPS) is 14.7. The maximum atomic E-state index is 13.3. The number of amides is 2. The molecule has 33 heavy (non-hydrogen) atoms. The van der Waals surface area contributed by atoms with E-state index in [1.807, 2.05) is 36.4 Å². The number of hydrogen-bond acceptors (Lipinski definition) is 4. The minimum Gasteiger partial charge on any atom is -0.356 e. The molecule has 3 aromatic rings. The van der Waals surface area contributed by atoms with Crippen molar-refractivity contribution in [1.29, 1.82) is 0 Å². The van der Waals surface area contributed by atoms with Gasteiger partial charge in [0.15, 0.2) is 0 Å². The molecule has 4 rings (SSSR count). The van der Waals surface area contributed by atoms with Gasteiger partial charge in [0.1, 0.15) is 5.82 Å². The number of rotatable bonds is 4. The zero-order valence-corrected chi connectivity index (χ0v) is 18.1. The van der Waals surface area contributed by atoms with Crippen LogP contribution in [0.4, 0.5) is 29.5 Å². The number of alkyl halides is 3. The molecule has 6 nitrogen and oxygen atoms in total. The molecule has 2 amide bonds. The summed E-state index contributed by atoms with van der Waals surface area (Å²) in [5.74, 6) is -0.0554. The predicted molar refractivity (Wildman–Crippen MR) is 121 cm³/mol. The zero-order valence-electron chi connectivity index (χ0n) is 18.1. The van der Waals surface area contributed by atoms with E-state index in [0.29, 0.717) is 31.6 Å². The second-order valence-corrected chi connectivity index (χ2v) is 7.93. The van der Waals surface area contributed by atoms with Crippen LogP contribution in [0.1, 0.15) is 18.4 Å². The maximum Gasteiger partial charge on any atom is 0.419 e. The minimum absolute atomic E-state index is 0.0554. The summed E-state index contributed by atoms with van der Waals surface area (Å²) in [4.78, 5) is 24.3. The van der Waals surface area contributed by atoms with Crippen molar-refractivity contribution in [3.05, 3.63) is 72.6 Å². The Kier molecular flexibility index (Phi) is 6.48. The van der Waals surface area contributed by atoms with Gasteiger partial charge in [-0.3, -0.25) is 4.98 Å². The number of carbonyl (C=O) groups excluding carboxylic acids is 1. The number of benzene rings is 1. The van der Waals surface area contributed by atoms with Crippen LogP contribution in [-0.2, 0) is 6.18 Å². The quantitative estimate of drug-likeness (QED) is 0.580. The molecule has 1 N–H and O–H groups in total. The molecule has 0 radical (unpaired) electrons. The van der Waals surface area contributed by atoms with Gasteiger partial charge in [0.25, 0.3) is 0 Å². The van der Waals surface area contributed by atoms with Crippen molar-refractivity contribution in [3.63, 3.8) is 0 Å². The molecule has 0 unspecified atom stereocenters. The first-order chi connectivity index (χ1) is 15.8. The summed E-state index contributed by atoms with van der Waals surface area (Å²) >= 11 is 0. The van der Waals surface area contributed by atoms with Crippen molar-refractivity contribution >= 4 is 17.5 Å². The lowest BCUT2D eigenvalue weighted by Gasteiger charge is -2.37. The number of nitrogens with one attached hydrogen (secondary N) is 1. The molecule has 2 aromatic heterocycles. The SMILES string of the molecule is CN(C(=O)Nc1ccc(-c2ccccc2)nc1)C1CCN(c2ncccc2C(F)(F)F)CC1. The highest BCUT2D eigenvalue weighted by Gasteiger charge is 2.36. The summed E-state index contributed by atoms with van der Waals surface area (Å²) in [6.45, 7) is 0.769. The van der Waals surface area contributed by atoms with Crippen LogP contribution in [-0.4, -0.2) is 47.1 Å². The topological polar surface area (TPSA) is 61.4 Å². The van der Waals surface area contributed by atoms with Crippen molar-refractivity contribution in [2.75, 3.05) is 30.4 Å². The lowest BCUT2D eigenvalue weighted by Crippen LogP contribution is -2.47. The van der Waals surface area contributed by atoms with Gasteiger partial charge in [0.05, 0.1) is 23.1 Å². The van der Waals surface area contributed by atoms with Crippen molar-refractivity contribution in [2.24, 2.45) is 0 Å². The van der Waals surface area contributed by atoms with Crippen molar-refractivity contribution in [1.82, 2.24) is 14.9 Å². The number of pyridine rings is 2. The molecular weight excluding hydrogens is 431 g/mol. The average Bonchev–Trinajstić information content (AvgIpc) is 2.84. The first-order valence-corrected chi connectivity index (χ1v) is 10.7. The molecule has 1 aliphatic heterocycles. The predicted octanol–water partition coefficient (Wildman–Crippen LogP) is 5.30. The fraction of sp³-hybridized carbons (Fsp3) is 0.292. The van der Waals surface area contributed by atoms with Gasteiger partial charge in [-0.15, -0.1) is 0 Å². The molecule has 0 aliphatic carbocycles. The number of anilines is 2. The Morgan fingerprint density at radius 1 is 1.03 bits per heavy atom. The molecule has 0 saturated carbocycles. The molecule has 3 heterocycles. The van der Waals surface area contributed by atoms with Gasteiger partial charge in [-0.05, 0) is 37.1 Å². The van der Waals surface area contributed by atoms with Gasteiger partial charge in [-0.2, -0.15) is 13.2 Å². The second-order valence-electron chi connectivity index (χ2n) is 7.93. The third-order valence-electron chi connectivity index (χ3n) is 5.81. The lowest BCUT2D eigenvalue weighted by molar-refractivity contribution is -0.137. The Bertz CT molecular complexity index is 1080. The van der Waals surface area contributed by atoms with E-state index in [4.69, 9.17) is 0 Å². The van der Waals surface area contributed by atoms with Crippen LogP contribution in [0.3, 0.4) is 0 Å². The highest BCUT2D eigenvalue weighted by molar-refractivity contribution is 5.89. The summed E-state index contributed by atoms with van der Waals surface area (Å²) in [7, 11) is 1.70. The van der Waals surface area contributed by atoms with Gasteiger partial charge >= 0.3 is 12.2 Å². The summed E-state index contributed by atoms with van der Waals surface area (Å²) in [5, 5.41) is 2.84. The van der Waals surface area contributed by atoms with Crippen LogP contribution in [0, 0.1) is 0 Å². The summed E-state index contributed by atoms with van der Waals surface area (Å²) in [5.41, 5.74) is 1.64. The second kappa shape index (κ2) is 9.48. The Morgan fingerprint density at radius 2 is 1.76 bits per heavy atom. The summed E-state index contributed by atoms with van der Waals surface area (Å²) < 4.78 is 39.9. The van der Waals surface area contributed by atoms with E-state index in [-0.39, 0.29) is 17.9 Å². The van der Waals surface area contributed by atoms with Gasteiger partial charge in [0, 0.05) is 37.9 Å². The van der Waals surface area contributed by atoms with Gasteiger partial charge in [-0.25, -0.2) is 9.78 Å². The number of nitrogens with zero attached hydrogens (tertiary/aromatic N) is 4. The molecule has 1 aliphatic rings. The first kappa shape index (κ1) is 22.6. The zero-order chi connectivity index (χ0) is 23.4. The number of hydrogen-bond donors (Lipinski definition) is 1. The Labute approximate surface area is 190 Å². The van der Waals surface area contributed by atoms with E-state index < -0.39 is 11.7 Å². The van der Waals surface area contributed by atoms with Crippen LogP contribution in [0.25, 0.3) is 11.3 Å². The highest BCUT2D eigenvalue weighted by Crippen LogP contribution is 2.36. The largest absolute Gasteiger partial charge is 0.419 e. The first-order valence-electron chi connectivity index (χ1n) is 10.7. The van der Waals surface area contributed by atoms with Crippen molar-refractivity contribution in [3.8, 4) is 11.3 Å². The monoisotopic (exact) mass is 455 g/mol. The third-order valence-corrected chi connectivity index (χ3v) is 5.81. The van der Waals surface area contributed by atoms with E-state index in [1.165, 1.54) is 12.3 Å². The molecule has 172 valence electrons. The smallest absolute Gasteiger partial charge is 0.356 e. The molecular formula is C24H24F3N5O. The van der Waals surface area contributed by atoms with Crippen LogP contribution >= 0.6 is 0 Å². The van der Waals surface area contributed by atoms with E-state index in [0.717, 1.165) is 17.3 Å².